The Kier molecular flexibility index (Phi) is 2.35. The summed E-state index contributed by atoms with van der Waals surface area (Å²) in [6, 6.07) is 10.3. The fourth-order valence-corrected chi connectivity index (χ4v) is 1.06. The molecule has 0 aliphatic carbocycles. The Labute approximate surface area is 64.7 Å². The minimum absolute atomic E-state index is 0.673. The summed E-state index contributed by atoms with van der Waals surface area (Å²) in [5.41, 5.74) is 0.673. The van der Waals surface area contributed by atoms with Crippen LogP contribution < -0.4 is 0 Å². The zero-order valence-corrected chi connectivity index (χ0v) is 6.40. The second kappa shape index (κ2) is 3.28. The van der Waals surface area contributed by atoms with Crippen LogP contribution in [-0.4, -0.2) is 6.26 Å². The molecule has 1 aromatic rings. The molecule has 0 bridgehead atoms. The molecule has 1 rings (SSSR count). The fraction of sp³-hybridized carbons (Fsp3) is 0.125. The Morgan fingerprint density at radius 3 is 3.00 bits per heavy atom. The van der Waals surface area contributed by atoms with E-state index in [0.717, 1.165) is 4.90 Å². The first-order valence-corrected chi connectivity index (χ1v) is 4.04. The van der Waals surface area contributed by atoms with Gasteiger partial charge in [-0.15, -0.1) is 11.8 Å². The highest BCUT2D eigenvalue weighted by molar-refractivity contribution is 7.98. The van der Waals surface area contributed by atoms with Crippen LogP contribution in [0.25, 0.3) is 0 Å². The number of hydrogen-bond acceptors (Lipinski definition) is 2. The Balaban J connectivity index is 3.01. The average Bonchev–Trinajstić information content (AvgIpc) is 2.05. The van der Waals surface area contributed by atoms with Gasteiger partial charge in [-0.2, -0.15) is 5.26 Å². The maximum absolute atomic E-state index is 8.48. The summed E-state index contributed by atoms with van der Waals surface area (Å²) in [6.07, 6.45) is 1.98. The van der Waals surface area contributed by atoms with E-state index < -0.39 is 0 Å². The number of rotatable bonds is 1. The monoisotopic (exact) mass is 148 g/mol. The van der Waals surface area contributed by atoms with Gasteiger partial charge in [0.15, 0.2) is 0 Å². The Bertz CT molecular complexity index is 262. The molecule has 0 amide bonds. The van der Waals surface area contributed by atoms with Crippen molar-refractivity contribution in [1.29, 1.82) is 5.26 Å². The molecule has 0 aliphatic heterocycles. The smallest absolute Gasteiger partial charge is 0.0992 e. The van der Waals surface area contributed by atoms with Gasteiger partial charge in [-0.25, -0.2) is 0 Å². The second-order valence-corrected chi connectivity index (χ2v) is 2.65. The summed E-state index contributed by atoms with van der Waals surface area (Å²) >= 11 is 1.62. The highest BCUT2D eigenvalue weighted by Crippen LogP contribution is 2.14. The molecule has 1 radical (unpaired) electrons. The van der Waals surface area contributed by atoms with Gasteiger partial charge < -0.3 is 0 Å². The van der Waals surface area contributed by atoms with Gasteiger partial charge in [-0.05, 0) is 30.5 Å². The maximum Gasteiger partial charge on any atom is 0.0992 e. The predicted octanol–water partition coefficient (Wildman–Crippen LogP) is 2.08. The van der Waals surface area contributed by atoms with Crippen molar-refractivity contribution in [1.82, 2.24) is 0 Å². The zero-order valence-electron chi connectivity index (χ0n) is 5.59. The van der Waals surface area contributed by atoms with Crippen LogP contribution in [0.15, 0.2) is 23.1 Å². The molecule has 0 unspecified atom stereocenters. The van der Waals surface area contributed by atoms with Crippen molar-refractivity contribution < 1.29 is 0 Å². The SMILES string of the molecule is CSc1c[c]cc(C#N)c1. The molecular weight excluding hydrogens is 142 g/mol. The summed E-state index contributed by atoms with van der Waals surface area (Å²) in [5, 5.41) is 8.48. The van der Waals surface area contributed by atoms with Crippen molar-refractivity contribution in [2.45, 2.75) is 4.90 Å². The highest BCUT2D eigenvalue weighted by atomic mass is 32.2. The summed E-state index contributed by atoms with van der Waals surface area (Å²) in [7, 11) is 0. The van der Waals surface area contributed by atoms with Crippen LogP contribution in [0, 0.1) is 17.4 Å². The van der Waals surface area contributed by atoms with Crippen LogP contribution in [0.2, 0.25) is 0 Å². The Morgan fingerprint density at radius 1 is 1.60 bits per heavy atom. The lowest BCUT2D eigenvalue weighted by Crippen LogP contribution is -1.73. The first-order valence-electron chi connectivity index (χ1n) is 2.82. The number of nitriles is 1. The molecule has 0 saturated carbocycles. The molecule has 0 saturated heterocycles. The third-order valence-electron chi connectivity index (χ3n) is 1.13. The molecule has 2 heteroatoms. The molecule has 0 atom stereocenters. The van der Waals surface area contributed by atoms with E-state index in [4.69, 9.17) is 5.26 Å². The lowest BCUT2D eigenvalue weighted by atomic mass is 10.2. The van der Waals surface area contributed by atoms with Gasteiger partial charge in [0.05, 0.1) is 11.6 Å². The first kappa shape index (κ1) is 7.17. The van der Waals surface area contributed by atoms with Gasteiger partial charge in [-0.3, -0.25) is 0 Å². The molecule has 1 nitrogen and oxygen atoms in total. The van der Waals surface area contributed by atoms with Gasteiger partial charge in [0.2, 0.25) is 0 Å². The van der Waals surface area contributed by atoms with Crippen molar-refractivity contribution >= 4 is 11.8 Å². The van der Waals surface area contributed by atoms with Gasteiger partial charge in [-0.1, -0.05) is 0 Å². The van der Waals surface area contributed by atoms with Crippen LogP contribution >= 0.6 is 11.8 Å². The third kappa shape index (κ3) is 1.52. The summed E-state index contributed by atoms with van der Waals surface area (Å²) < 4.78 is 0. The standard InChI is InChI=1S/C8H6NS/c1-10-8-4-2-3-7(5-8)6-9/h3-5H,1H3. The lowest BCUT2D eigenvalue weighted by Gasteiger charge is -1.92. The van der Waals surface area contributed by atoms with Crippen LogP contribution in [0.4, 0.5) is 0 Å². The Morgan fingerprint density at radius 2 is 2.40 bits per heavy atom. The van der Waals surface area contributed by atoms with E-state index in [1.165, 1.54) is 0 Å². The van der Waals surface area contributed by atoms with Crippen molar-refractivity contribution in [2.75, 3.05) is 6.26 Å². The van der Waals surface area contributed by atoms with Gasteiger partial charge in [0.1, 0.15) is 0 Å². The number of nitrogens with zero attached hydrogens (tertiary/aromatic N) is 1. The largest absolute Gasteiger partial charge is 0.192 e. The summed E-state index contributed by atoms with van der Waals surface area (Å²) in [4.78, 5) is 1.08. The fourth-order valence-electron chi connectivity index (χ4n) is 0.633. The topological polar surface area (TPSA) is 23.8 Å². The van der Waals surface area contributed by atoms with E-state index in [1.54, 1.807) is 17.8 Å². The van der Waals surface area contributed by atoms with Crippen molar-refractivity contribution in [3.8, 4) is 6.07 Å². The van der Waals surface area contributed by atoms with E-state index in [1.807, 2.05) is 18.4 Å². The van der Waals surface area contributed by atoms with E-state index in [2.05, 4.69) is 12.1 Å². The van der Waals surface area contributed by atoms with Crippen LogP contribution in [0.5, 0.6) is 0 Å². The van der Waals surface area contributed by atoms with E-state index in [9.17, 15) is 0 Å². The van der Waals surface area contributed by atoms with Gasteiger partial charge >= 0.3 is 0 Å². The van der Waals surface area contributed by atoms with Crippen LogP contribution in [0.3, 0.4) is 0 Å². The van der Waals surface area contributed by atoms with Crippen molar-refractivity contribution in [3.63, 3.8) is 0 Å². The average molecular weight is 148 g/mol. The quantitative estimate of drug-likeness (QED) is 0.569. The molecule has 0 fully saturated rings. The predicted molar refractivity (Wildman–Crippen MR) is 41.8 cm³/mol. The van der Waals surface area contributed by atoms with Crippen molar-refractivity contribution in [2.24, 2.45) is 0 Å². The van der Waals surface area contributed by atoms with Gasteiger partial charge in [0, 0.05) is 4.90 Å². The molecule has 0 heterocycles. The molecule has 1 aromatic carbocycles. The molecule has 0 aromatic heterocycles. The molecule has 10 heavy (non-hydrogen) atoms. The molecule has 0 N–H and O–H groups in total. The third-order valence-corrected chi connectivity index (χ3v) is 1.83. The van der Waals surface area contributed by atoms with Gasteiger partial charge in [0.25, 0.3) is 0 Å². The second-order valence-electron chi connectivity index (χ2n) is 1.77. The van der Waals surface area contributed by atoms with Crippen LogP contribution in [0.1, 0.15) is 5.56 Å². The normalized spacial score (nSPS) is 8.80. The molecular formula is C8H6NS. The van der Waals surface area contributed by atoms with E-state index in [-0.39, 0.29) is 0 Å². The minimum Gasteiger partial charge on any atom is -0.192 e. The summed E-state index contributed by atoms with van der Waals surface area (Å²) in [6.45, 7) is 0. The van der Waals surface area contributed by atoms with E-state index in [0.29, 0.717) is 5.56 Å². The first-order chi connectivity index (χ1) is 4.86. The number of thioether (sulfide) groups is 1. The molecule has 0 spiro atoms. The molecule has 49 valence electrons. The lowest BCUT2D eigenvalue weighted by molar-refractivity contribution is 1.40. The summed E-state index contributed by atoms with van der Waals surface area (Å²) in [5.74, 6) is 0. The number of hydrogen-bond donors (Lipinski definition) is 0. The maximum atomic E-state index is 8.48. The van der Waals surface area contributed by atoms with Crippen LogP contribution in [-0.2, 0) is 0 Å². The zero-order chi connectivity index (χ0) is 7.40. The highest BCUT2D eigenvalue weighted by Gasteiger charge is 1.90. The number of benzene rings is 1. The molecule has 0 aliphatic rings. The Hall–Kier alpha value is -0.940. The minimum atomic E-state index is 0.673. The van der Waals surface area contributed by atoms with Crippen molar-refractivity contribution in [3.05, 3.63) is 29.8 Å². The van der Waals surface area contributed by atoms with E-state index >= 15 is 0 Å².